The van der Waals surface area contributed by atoms with Gasteiger partial charge < -0.3 is 8.83 Å². The smallest absolute Gasteiger partial charge is 0.165 e. The van der Waals surface area contributed by atoms with E-state index in [9.17, 15) is 0 Å². The lowest BCUT2D eigenvalue weighted by Gasteiger charge is -2.05. The number of rotatable bonds is 1. The topological polar surface area (TPSA) is 52.1 Å². The van der Waals surface area contributed by atoms with Crippen LogP contribution in [0.2, 0.25) is 0 Å². The first kappa shape index (κ1) is 9.70. The fourth-order valence-corrected chi connectivity index (χ4v) is 3.79. The molecule has 4 heteroatoms. The minimum absolute atomic E-state index is 0.101. The van der Waals surface area contributed by atoms with Gasteiger partial charge in [-0.3, -0.25) is 4.98 Å². The number of aryl methyl sites for hydroxylation is 3. The summed E-state index contributed by atoms with van der Waals surface area (Å²) in [5.74, 6) is 0. The highest BCUT2D eigenvalue weighted by Crippen LogP contribution is 2.41. The molecule has 0 bridgehead atoms. The maximum atomic E-state index is 8.07. The van der Waals surface area contributed by atoms with Crippen molar-refractivity contribution in [1.82, 2.24) is 9.97 Å². The van der Waals surface area contributed by atoms with E-state index in [2.05, 4.69) is 9.97 Å². The van der Waals surface area contributed by atoms with Gasteiger partial charge in [-0.2, -0.15) is 0 Å². The lowest BCUT2D eigenvalue weighted by atomic mass is 10.0. The molecule has 0 aliphatic carbocycles. The molecule has 0 N–H and O–H groups in total. The zero-order valence-corrected chi connectivity index (χ0v) is 14.9. The third-order valence-electron chi connectivity index (χ3n) is 5.13. The molecule has 4 heterocycles. The van der Waals surface area contributed by atoms with Crippen LogP contribution in [0.1, 0.15) is 29.2 Å². The van der Waals surface area contributed by atoms with Crippen molar-refractivity contribution in [3.8, 4) is 11.3 Å². The first-order valence-corrected chi connectivity index (χ1v) is 8.93. The first-order chi connectivity index (χ1) is 17.7. The second-order valence-corrected chi connectivity index (χ2v) is 6.84. The molecule has 2 aromatic carbocycles. The lowest BCUT2D eigenvalue weighted by molar-refractivity contribution is 0.657. The van der Waals surface area contributed by atoms with Crippen molar-refractivity contribution in [2.45, 2.75) is 20.6 Å². The van der Waals surface area contributed by atoms with Gasteiger partial charge in [0, 0.05) is 34.9 Å². The van der Waals surface area contributed by atoms with E-state index in [0.29, 0.717) is 44.0 Å². The van der Waals surface area contributed by atoms with E-state index in [0.717, 1.165) is 6.20 Å². The summed E-state index contributed by atoms with van der Waals surface area (Å²) in [6, 6.07) is 13.4. The molecule has 0 aliphatic rings. The molecule has 0 aliphatic heterocycles. The van der Waals surface area contributed by atoms with Crippen LogP contribution in [0, 0.1) is 20.6 Å². The Morgan fingerprint density at radius 3 is 2.62 bits per heavy atom. The largest absolute Gasteiger partial charge is 0.454 e. The molecule has 0 unspecified atom stereocenters. The Morgan fingerprint density at radius 1 is 0.828 bits per heavy atom. The molecule has 6 aromatic rings. The van der Waals surface area contributed by atoms with Gasteiger partial charge in [0.2, 0.25) is 0 Å². The maximum Gasteiger partial charge on any atom is 0.165 e. The van der Waals surface area contributed by atoms with Crippen LogP contribution in [-0.4, -0.2) is 9.97 Å². The van der Waals surface area contributed by atoms with Gasteiger partial charge in [-0.15, -0.1) is 0 Å². The molecule has 0 atom stereocenters. The van der Waals surface area contributed by atoms with E-state index in [1.165, 1.54) is 6.07 Å². The van der Waals surface area contributed by atoms with E-state index in [1.54, 1.807) is 42.5 Å². The van der Waals surface area contributed by atoms with Crippen LogP contribution in [0.4, 0.5) is 0 Å². The molecule has 0 radical (unpaired) electrons. The maximum absolute atomic E-state index is 8.07. The minimum Gasteiger partial charge on any atom is -0.454 e. The Labute approximate surface area is 179 Å². The summed E-state index contributed by atoms with van der Waals surface area (Å²) in [5.41, 5.74) is 1.21. The molecule has 0 fully saturated rings. The average molecular weight is 387 g/mol. The highest BCUT2D eigenvalue weighted by Gasteiger charge is 2.21. The van der Waals surface area contributed by atoms with Crippen LogP contribution in [0.15, 0.2) is 63.6 Å². The predicted molar refractivity (Wildman–Crippen MR) is 116 cm³/mol. The normalized spacial score (nSPS) is 17.9. The summed E-state index contributed by atoms with van der Waals surface area (Å²) < 4.78 is 83.3. The monoisotopic (exact) mass is 387 g/mol. The van der Waals surface area contributed by atoms with Crippen molar-refractivity contribution in [2.75, 3.05) is 0 Å². The Bertz CT molecular complexity index is 1890. The highest BCUT2D eigenvalue weighted by molar-refractivity contribution is 6.22. The van der Waals surface area contributed by atoms with Gasteiger partial charge in [-0.1, -0.05) is 24.3 Å². The average Bonchev–Trinajstić information content (AvgIpc) is 3.39. The lowest BCUT2D eigenvalue weighted by Crippen LogP contribution is -1.88. The number of hydrogen-bond acceptors (Lipinski definition) is 4. The van der Waals surface area contributed by atoms with E-state index in [4.69, 9.17) is 21.2 Å². The molecule has 4 nitrogen and oxygen atoms in total. The van der Waals surface area contributed by atoms with Crippen molar-refractivity contribution in [3.05, 3.63) is 71.5 Å². The Morgan fingerprint density at radius 2 is 1.72 bits per heavy atom. The molecule has 0 saturated heterocycles. The van der Waals surface area contributed by atoms with Gasteiger partial charge >= 0.3 is 0 Å². The Kier molecular flexibility index (Phi) is 1.90. The predicted octanol–water partition coefficient (Wildman–Crippen LogP) is 6.87. The van der Waals surface area contributed by atoms with Crippen LogP contribution in [0.25, 0.3) is 55.3 Å². The fraction of sp³-hybridized carbons (Fsp3) is 0.120. The van der Waals surface area contributed by atoms with Gasteiger partial charge in [0.05, 0.1) is 16.8 Å². The fourth-order valence-electron chi connectivity index (χ4n) is 3.79. The number of furan rings is 2. The van der Waals surface area contributed by atoms with Gasteiger partial charge in [-0.05, 0) is 55.9 Å². The van der Waals surface area contributed by atoms with Gasteiger partial charge in [0.25, 0.3) is 0 Å². The molecule has 4 aromatic heterocycles. The molecule has 0 spiro atoms. The standard InChI is InChI=1S/C25H18N2O2/c1-13-11-19(26-12-14(13)2)16-8-6-9-18-22-25(29-24(16)18)21-17-7-4-5-10-20(17)28-23(21)15(3)27-22/h4-12H,1-3H3/i1D3,2D3,3D3. The van der Waals surface area contributed by atoms with E-state index < -0.39 is 20.6 Å². The van der Waals surface area contributed by atoms with Gasteiger partial charge in [0.15, 0.2) is 11.2 Å². The van der Waals surface area contributed by atoms with Crippen LogP contribution >= 0.6 is 0 Å². The summed E-state index contributed by atoms with van der Waals surface area (Å²) in [7, 11) is 0. The van der Waals surface area contributed by atoms with E-state index >= 15 is 0 Å². The van der Waals surface area contributed by atoms with Gasteiger partial charge in [0.1, 0.15) is 16.7 Å². The second kappa shape index (κ2) is 5.67. The number of aromatic nitrogens is 2. The van der Waals surface area contributed by atoms with Crippen LogP contribution in [0.5, 0.6) is 0 Å². The zero-order valence-electron chi connectivity index (χ0n) is 23.9. The van der Waals surface area contributed by atoms with Crippen molar-refractivity contribution in [2.24, 2.45) is 0 Å². The number of nitrogens with zero attached hydrogens (tertiary/aromatic N) is 2. The summed E-state index contributed by atoms with van der Waals surface area (Å²) in [4.78, 5) is 8.73. The summed E-state index contributed by atoms with van der Waals surface area (Å²) in [6.07, 6.45) is 1.05. The van der Waals surface area contributed by atoms with E-state index in [-0.39, 0.29) is 28.1 Å². The minimum atomic E-state index is -2.69. The van der Waals surface area contributed by atoms with Crippen LogP contribution < -0.4 is 0 Å². The quantitative estimate of drug-likeness (QED) is 0.309. The summed E-state index contributed by atoms with van der Waals surface area (Å²) >= 11 is 0. The van der Waals surface area contributed by atoms with Crippen LogP contribution in [-0.2, 0) is 0 Å². The number of hydrogen-bond donors (Lipinski definition) is 0. The molecular weight excluding hydrogens is 360 g/mol. The summed E-state index contributed by atoms with van der Waals surface area (Å²) in [6.45, 7) is -7.92. The number of pyridine rings is 2. The van der Waals surface area contributed by atoms with Crippen molar-refractivity contribution < 1.29 is 21.2 Å². The number of para-hydroxylation sites is 2. The van der Waals surface area contributed by atoms with Crippen LogP contribution in [0.3, 0.4) is 0 Å². The Balaban J connectivity index is 1.71. The number of benzene rings is 2. The van der Waals surface area contributed by atoms with Crippen molar-refractivity contribution in [1.29, 1.82) is 0 Å². The molecule has 0 amide bonds. The third-order valence-corrected chi connectivity index (χ3v) is 5.13. The van der Waals surface area contributed by atoms with Crippen molar-refractivity contribution in [3.63, 3.8) is 0 Å². The molecular formula is C25H18N2O2. The third kappa shape index (κ3) is 2.20. The second-order valence-electron chi connectivity index (χ2n) is 6.84. The molecule has 140 valence electrons. The van der Waals surface area contributed by atoms with E-state index in [1.807, 2.05) is 0 Å². The zero-order chi connectivity index (χ0) is 27.2. The number of fused-ring (bicyclic) bond motifs is 7. The SMILES string of the molecule is [2H]C([2H])([2H])c1cnc(-c2cccc3c2oc2c3nc(C([2H])([2H])[2H])c3oc4ccccc4c32)cc1C([2H])([2H])[2H]. The highest BCUT2D eigenvalue weighted by atomic mass is 16.3. The first-order valence-electron chi connectivity index (χ1n) is 13.4. The molecule has 6 rings (SSSR count). The van der Waals surface area contributed by atoms with Gasteiger partial charge in [-0.25, -0.2) is 4.98 Å². The molecule has 29 heavy (non-hydrogen) atoms. The molecule has 0 saturated carbocycles. The summed E-state index contributed by atoms with van der Waals surface area (Å²) in [5, 5.41) is 1.62. The van der Waals surface area contributed by atoms with Crippen molar-refractivity contribution >= 4 is 44.0 Å². The Hall–Kier alpha value is -3.66.